The van der Waals surface area contributed by atoms with Crippen LogP contribution in [0.5, 0.6) is 17.2 Å². The fourth-order valence-corrected chi connectivity index (χ4v) is 1.81. The van der Waals surface area contributed by atoms with Gasteiger partial charge in [-0.3, -0.25) is 4.79 Å². The van der Waals surface area contributed by atoms with Gasteiger partial charge in [0.05, 0.1) is 12.7 Å². The van der Waals surface area contributed by atoms with E-state index in [4.69, 9.17) is 4.74 Å². The van der Waals surface area contributed by atoms with Crippen molar-refractivity contribution >= 4 is 11.6 Å². The Hall–Kier alpha value is -2.69. The number of phenols is 2. The highest BCUT2D eigenvalue weighted by Crippen LogP contribution is 2.25. The molecule has 0 unspecified atom stereocenters. The summed E-state index contributed by atoms with van der Waals surface area (Å²) < 4.78 is 4.96. The van der Waals surface area contributed by atoms with Crippen molar-refractivity contribution in [3.8, 4) is 17.2 Å². The second-order valence-electron chi connectivity index (χ2n) is 4.34. The first kappa shape index (κ1) is 13.7. The fraction of sp³-hybridized carbons (Fsp3) is 0.133. The minimum absolute atomic E-state index is 0.132. The van der Waals surface area contributed by atoms with Crippen LogP contribution < -0.4 is 10.1 Å². The van der Waals surface area contributed by atoms with Gasteiger partial charge in [-0.15, -0.1) is 0 Å². The average molecular weight is 273 g/mol. The number of carbonyl (C=O) groups excluding carboxylic acids is 1. The first-order chi connectivity index (χ1) is 9.51. The van der Waals surface area contributed by atoms with Crippen LogP contribution in [0.25, 0.3) is 0 Å². The Labute approximate surface area is 116 Å². The van der Waals surface area contributed by atoms with E-state index in [1.165, 1.54) is 25.3 Å². The summed E-state index contributed by atoms with van der Waals surface area (Å²) in [5.41, 5.74) is 1.45. The van der Waals surface area contributed by atoms with Crippen molar-refractivity contribution in [2.45, 2.75) is 6.92 Å². The highest BCUT2D eigenvalue weighted by atomic mass is 16.5. The lowest BCUT2D eigenvalue weighted by molar-refractivity contribution is 0.102. The molecule has 2 rings (SSSR count). The Morgan fingerprint density at radius 2 is 1.90 bits per heavy atom. The van der Waals surface area contributed by atoms with Crippen LogP contribution in [0.1, 0.15) is 15.9 Å². The molecule has 0 spiro atoms. The van der Waals surface area contributed by atoms with Gasteiger partial charge in [0.25, 0.3) is 5.91 Å². The first-order valence-corrected chi connectivity index (χ1v) is 5.99. The maximum Gasteiger partial charge on any atom is 0.259 e. The molecule has 0 saturated heterocycles. The Morgan fingerprint density at radius 3 is 2.50 bits per heavy atom. The van der Waals surface area contributed by atoms with Crippen molar-refractivity contribution in [3.63, 3.8) is 0 Å². The normalized spacial score (nSPS) is 10.1. The minimum atomic E-state index is -0.432. The van der Waals surface area contributed by atoms with Gasteiger partial charge in [0.15, 0.2) is 0 Å². The maximum absolute atomic E-state index is 12.1. The molecule has 2 aromatic carbocycles. The van der Waals surface area contributed by atoms with Crippen LogP contribution in [0, 0.1) is 6.92 Å². The second kappa shape index (κ2) is 5.52. The van der Waals surface area contributed by atoms with Gasteiger partial charge >= 0.3 is 0 Å². The van der Waals surface area contributed by atoms with Gasteiger partial charge in [0, 0.05) is 11.8 Å². The number of nitrogens with one attached hydrogen (secondary N) is 1. The van der Waals surface area contributed by atoms with Crippen LogP contribution >= 0.6 is 0 Å². The van der Waals surface area contributed by atoms with E-state index < -0.39 is 5.91 Å². The molecule has 0 fully saturated rings. The van der Waals surface area contributed by atoms with Gasteiger partial charge in [0.1, 0.15) is 17.2 Å². The summed E-state index contributed by atoms with van der Waals surface area (Å²) in [5, 5.41) is 21.8. The summed E-state index contributed by atoms with van der Waals surface area (Å²) in [6.45, 7) is 1.77. The lowest BCUT2D eigenvalue weighted by atomic mass is 10.1. The number of aromatic hydroxyl groups is 2. The summed E-state index contributed by atoms with van der Waals surface area (Å²) in [7, 11) is 1.48. The molecule has 0 atom stereocenters. The summed E-state index contributed by atoms with van der Waals surface area (Å²) in [4.78, 5) is 12.1. The Bertz CT molecular complexity index is 652. The number of benzene rings is 2. The van der Waals surface area contributed by atoms with Gasteiger partial charge in [0.2, 0.25) is 0 Å². The number of hydrogen-bond donors (Lipinski definition) is 3. The predicted molar refractivity (Wildman–Crippen MR) is 75.5 cm³/mol. The first-order valence-electron chi connectivity index (χ1n) is 5.99. The number of methoxy groups -OCH3 is 1. The number of aryl methyl sites for hydroxylation is 1. The van der Waals surface area contributed by atoms with Gasteiger partial charge in [-0.25, -0.2) is 0 Å². The standard InChI is InChI=1S/C15H15NO4/c1-9-7-10(17)3-6-13(9)16-15(19)12-5-4-11(20-2)8-14(12)18/h3-8,17-18H,1-2H3,(H,16,19). The minimum Gasteiger partial charge on any atom is -0.508 e. The predicted octanol–water partition coefficient (Wildman–Crippen LogP) is 2.67. The highest BCUT2D eigenvalue weighted by Gasteiger charge is 2.13. The third kappa shape index (κ3) is 2.83. The summed E-state index contributed by atoms with van der Waals surface area (Å²) >= 11 is 0. The lowest BCUT2D eigenvalue weighted by Crippen LogP contribution is -2.12. The smallest absolute Gasteiger partial charge is 0.259 e. The Morgan fingerprint density at radius 1 is 1.15 bits per heavy atom. The molecule has 0 bridgehead atoms. The third-order valence-electron chi connectivity index (χ3n) is 2.91. The molecule has 1 amide bonds. The zero-order chi connectivity index (χ0) is 14.7. The van der Waals surface area contributed by atoms with Crippen molar-refractivity contribution in [2.24, 2.45) is 0 Å². The lowest BCUT2D eigenvalue weighted by Gasteiger charge is -2.10. The monoisotopic (exact) mass is 273 g/mol. The quantitative estimate of drug-likeness (QED) is 0.751. The molecule has 0 heterocycles. The number of anilines is 1. The van der Waals surface area contributed by atoms with Crippen LogP contribution in [0.4, 0.5) is 5.69 Å². The molecular weight excluding hydrogens is 258 g/mol. The molecule has 104 valence electrons. The van der Waals surface area contributed by atoms with Crippen molar-refractivity contribution in [1.82, 2.24) is 0 Å². The molecule has 0 aliphatic carbocycles. The molecule has 5 nitrogen and oxygen atoms in total. The van der Waals surface area contributed by atoms with Crippen LogP contribution in [0.15, 0.2) is 36.4 Å². The zero-order valence-electron chi connectivity index (χ0n) is 11.2. The molecule has 0 aliphatic heterocycles. The molecule has 3 N–H and O–H groups in total. The Kier molecular flexibility index (Phi) is 3.79. The van der Waals surface area contributed by atoms with Crippen LogP contribution in [-0.4, -0.2) is 23.2 Å². The molecule has 0 radical (unpaired) electrons. The van der Waals surface area contributed by atoms with Crippen LogP contribution in [0.3, 0.4) is 0 Å². The molecule has 0 saturated carbocycles. The molecular formula is C15H15NO4. The van der Waals surface area contributed by atoms with E-state index in [1.807, 2.05) is 0 Å². The second-order valence-corrected chi connectivity index (χ2v) is 4.34. The number of carbonyl (C=O) groups is 1. The maximum atomic E-state index is 12.1. The summed E-state index contributed by atoms with van der Waals surface area (Å²) in [5.74, 6) is 0.0184. The molecule has 5 heteroatoms. The number of rotatable bonds is 3. The largest absolute Gasteiger partial charge is 0.508 e. The molecule has 0 aromatic heterocycles. The van der Waals surface area contributed by atoms with E-state index in [1.54, 1.807) is 25.1 Å². The Balaban J connectivity index is 2.24. The number of hydrogen-bond acceptors (Lipinski definition) is 4. The van der Waals surface area contributed by atoms with Crippen LogP contribution in [-0.2, 0) is 0 Å². The number of phenolic OH excluding ortho intramolecular Hbond substituents is 2. The van der Waals surface area contributed by atoms with Crippen molar-refractivity contribution in [1.29, 1.82) is 0 Å². The topological polar surface area (TPSA) is 78.8 Å². The van der Waals surface area contributed by atoms with E-state index in [0.717, 1.165) is 5.56 Å². The third-order valence-corrected chi connectivity index (χ3v) is 2.91. The molecule has 2 aromatic rings. The summed E-state index contributed by atoms with van der Waals surface area (Å²) in [6.07, 6.45) is 0. The average Bonchev–Trinajstić information content (AvgIpc) is 2.41. The van der Waals surface area contributed by atoms with Gasteiger partial charge in [-0.05, 0) is 42.8 Å². The van der Waals surface area contributed by atoms with Gasteiger partial charge < -0.3 is 20.3 Å². The number of amides is 1. The van der Waals surface area contributed by atoms with E-state index in [9.17, 15) is 15.0 Å². The van der Waals surface area contributed by atoms with E-state index in [2.05, 4.69) is 5.32 Å². The van der Waals surface area contributed by atoms with Crippen molar-refractivity contribution in [2.75, 3.05) is 12.4 Å². The number of ether oxygens (including phenoxy) is 1. The van der Waals surface area contributed by atoms with Gasteiger partial charge in [-0.1, -0.05) is 0 Å². The summed E-state index contributed by atoms with van der Waals surface area (Å²) in [6, 6.07) is 9.08. The fourth-order valence-electron chi connectivity index (χ4n) is 1.81. The van der Waals surface area contributed by atoms with Crippen molar-refractivity contribution in [3.05, 3.63) is 47.5 Å². The van der Waals surface area contributed by atoms with E-state index in [0.29, 0.717) is 11.4 Å². The van der Waals surface area contributed by atoms with E-state index >= 15 is 0 Å². The molecule has 0 aliphatic rings. The van der Waals surface area contributed by atoms with E-state index in [-0.39, 0.29) is 17.1 Å². The zero-order valence-corrected chi connectivity index (χ0v) is 11.2. The van der Waals surface area contributed by atoms with Gasteiger partial charge in [-0.2, -0.15) is 0 Å². The SMILES string of the molecule is COc1ccc(C(=O)Nc2ccc(O)cc2C)c(O)c1. The highest BCUT2D eigenvalue weighted by molar-refractivity contribution is 6.06. The van der Waals surface area contributed by atoms with Crippen molar-refractivity contribution < 1.29 is 19.7 Å². The molecule has 20 heavy (non-hydrogen) atoms. The van der Waals surface area contributed by atoms with Crippen LogP contribution in [0.2, 0.25) is 0 Å².